The van der Waals surface area contributed by atoms with Crippen LogP contribution in [-0.2, 0) is 14.8 Å². The highest BCUT2D eigenvalue weighted by Crippen LogP contribution is 2.31. The quantitative estimate of drug-likeness (QED) is 0.631. The zero-order valence-corrected chi connectivity index (χ0v) is 12.5. The van der Waals surface area contributed by atoms with E-state index in [-0.39, 0.29) is 29.0 Å². The molecule has 3 rings (SSSR count). The van der Waals surface area contributed by atoms with E-state index in [1.807, 2.05) is 0 Å². The van der Waals surface area contributed by atoms with Gasteiger partial charge in [0.15, 0.2) is 0 Å². The Hall–Kier alpha value is -2.00. The Kier molecular flexibility index (Phi) is 3.61. The normalized spacial score (nSPS) is 22.1. The van der Waals surface area contributed by atoms with Crippen molar-refractivity contribution < 1.29 is 18.1 Å². The summed E-state index contributed by atoms with van der Waals surface area (Å²) in [6.45, 7) is 0.359. The molecule has 118 valence electrons. The monoisotopic (exact) mass is 325 g/mol. The molecule has 2 aliphatic rings. The summed E-state index contributed by atoms with van der Waals surface area (Å²) < 4.78 is 27.1. The predicted molar refractivity (Wildman–Crippen MR) is 76.6 cm³/mol. The summed E-state index contributed by atoms with van der Waals surface area (Å²) in [5.41, 5.74) is -0.287. The maximum atomic E-state index is 12.3. The number of nitrogens with zero attached hydrogens (tertiary/aromatic N) is 2. The average Bonchev–Trinajstić information content (AvgIpc) is 3.23. The summed E-state index contributed by atoms with van der Waals surface area (Å²) in [4.78, 5) is 23.5. The Morgan fingerprint density at radius 3 is 2.68 bits per heavy atom. The number of sulfonamides is 1. The van der Waals surface area contributed by atoms with Crippen LogP contribution in [-0.4, -0.2) is 42.8 Å². The van der Waals surface area contributed by atoms with Crippen molar-refractivity contribution in [3.8, 4) is 0 Å². The average molecular weight is 325 g/mol. The van der Waals surface area contributed by atoms with Gasteiger partial charge < -0.3 is 4.90 Å². The third-order valence-electron chi connectivity index (χ3n) is 3.81. The second kappa shape index (κ2) is 5.33. The number of carbonyl (C=O) groups excluding carboxylic acids is 1. The molecule has 9 heteroatoms. The molecule has 8 nitrogen and oxygen atoms in total. The van der Waals surface area contributed by atoms with Crippen LogP contribution in [0.5, 0.6) is 0 Å². The van der Waals surface area contributed by atoms with Crippen molar-refractivity contribution in [1.82, 2.24) is 9.62 Å². The van der Waals surface area contributed by atoms with Gasteiger partial charge in [-0.15, -0.1) is 0 Å². The highest BCUT2D eigenvalue weighted by molar-refractivity contribution is 7.89. The van der Waals surface area contributed by atoms with Crippen LogP contribution in [0.1, 0.15) is 19.3 Å². The van der Waals surface area contributed by atoms with Gasteiger partial charge in [-0.05, 0) is 18.9 Å². The summed E-state index contributed by atoms with van der Waals surface area (Å²) in [7, 11) is -3.89. The number of benzene rings is 1. The lowest BCUT2D eigenvalue weighted by Gasteiger charge is -2.16. The molecule has 1 unspecified atom stereocenters. The number of non-ortho nitro benzene ring substituents is 1. The molecule has 1 aromatic rings. The fourth-order valence-electron chi connectivity index (χ4n) is 2.60. The second-order valence-electron chi connectivity index (χ2n) is 5.55. The number of hydrogen-bond donors (Lipinski definition) is 1. The Morgan fingerprint density at radius 2 is 2.05 bits per heavy atom. The maximum Gasteiger partial charge on any atom is 0.270 e. The Morgan fingerprint density at radius 1 is 1.32 bits per heavy atom. The van der Waals surface area contributed by atoms with Crippen molar-refractivity contribution in [2.24, 2.45) is 0 Å². The molecule has 1 heterocycles. The van der Waals surface area contributed by atoms with Crippen molar-refractivity contribution in [3.05, 3.63) is 34.4 Å². The van der Waals surface area contributed by atoms with Crippen molar-refractivity contribution in [2.75, 3.05) is 6.54 Å². The standard InChI is InChI=1S/C13H15N3O5S/c17-13-6-9(8-15(13)10-4-5-10)14-22(20,21)12-3-1-2-11(7-12)16(18)19/h1-3,7,9-10,14H,4-6,8H2. The van der Waals surface area contributed by atoms with Crippen LogP contribution in [0.15, 0.2) is 29.2 Å². The molecule has 1 aliphatic carbocycles. The number of nitro benzene ring substituents is 1. The highest BCUT2D eigenvalue weighted by Gasteiger charge is 2.40. The minimum atomic E-state index is -3.89. The van der Waals surface area contributed by atoms with E-state index in [1.165, 1.54) is 18.2 Å². The molecule has 0 bridgehead atoms. The fraction of sp³-hybridized carbons (Fsp3) is 0.462. The molecule has 1 amide bonds. The van der Waals surface area contributed by atoms with Gasteiger partial charge in [0.1, 0.15) is 0 Å². The number of nitro groups is 1. The molecule has 1 saturated heterocycles. The van der Waals surface area contributed by atoms with Gasteiger partial charge in [-0.3, -0.25) is 14.9 Å². The maximum absolute atomic E-state index is 12.3. The highest BCUT2D eigenvalue weighted by atomic mass is 32.2. The van der Waals surface area contributed by atoms with Crippen LogP contribution >= 0.6 is 0 Å². The first-order chi connectivity index (χ1) is 10.4. The van der Waals surface area contributed by atoms with Gasteiger partial charge in [0.25, 0.3) is 5.69 Å². The minimum absolute atomic E-state index is 0.0470. The second-order valence-corrected chi connectivity index (χ2v) is 7.27. The Bertz CT molecular complexity index is 729. The third-order valence-corrected chi connectivity index (χ3v) is 5.32. The molecular formula is C13H15N3O5S. The molecule has 1 aliphatic heterocycles. The van der Waals surface area contributed by atoms with Gasteiger partial charge in [-0.2, -0.15) is 0 Å². The van der Waals surface area contributed by atoms with Gasteiger partial charge in [0.2, 0.25) is 15.9 Å². The largest absolute Gasteiger partial charge is 0.338 e. The number of rotatable bonds is 5. The molecule has 1 atom stereocenters. The van der Waals surface area contributed by atoms with E-state index in [0.29, 0.717) is 6.54 Å². The molecule has 2 fully saturated rings. The molecule has 0 spiro atoms. The zero-order chi connectivity index (χ0) is 15.9. The van der Waals surface area contributed by atoms with Crippen LogP contribution in [0.3, 0.4) is 0 Å². The SMILES string of the molecule is O=C1CC(NS(=O)(=O)c2cccc([N+](=O)[O-])c2)CN1C1CC1. The summed E-state index contributed by atoms with van der Waals surface area (Å²) in [5.74, 6) is -0.0470. The van der Waals surface area contributed by atoms with Gasteiger partial charge >= 0.3 is 0 Å². The molecule has 1 N–H and O–H groups in total. The van der Waals surface area contributed by atoms with E-state index in [9.17, 15) is 23.3 Å². The van der Waals surface area contributed by atoms with E-state index in [0.717, 1.165) is 18.9 Å². The van der Waals surface area contributed by atoms with Gasteiger partial charge in [0, 0.05) is 37.2 Å². The van der Waals surface area contributed by atoms with Crippen LogP contribution in [0.4, 0.5) is 5.69 Å². The number of carbonyl (C=O) groups is 1. The first-order valence-electron chi connectivity index (χ1n) is 6.93. The van der Waals surface area contributed by atoms with E-state index in [1.54, 1.807) is 4.90 Å². The fourth-order valence-corrected chi connectivity index (χ4v) is 3.87. The van der Waals surface area contributed by atoms with E-state index >= 15 is 0 Å². The predicted octanol–water partition coefficient (Wildman–Crippen LogP) is 0.636. The Labute approximate surface area is 127 Å². The van der Waals surface area contributed by atoms with E-state index in [2.05, 4.69) is 4.72 Å². The van der Waals surface area contributed by atoms with Crippen molar-refractivity contribution in [2.45, 2.75) is 36.2 Å². The summed E-state index contributed by atoms with van der Waals surface area (Å²) in [6, 6.07) is 4.62. The lowest BCUT2D eigenvalue weighted by molar-refractivity contribution is -0.385. The molecule has 0 aromatic heterocycles. The van der Waals surface area contributed by atoms with Crippen LogP contribution < -0.4 is 4.72 Å². The number of likely N-dealkylation sites (tertiary alicyclic amines) is 1. The van der Waals surface area contributed by atoms with Crippen molar-refractivity contribution in [1.29, 1.82) is 0 Å². The van der Waals surface area contributed by atoms with E-state index < -0.39 is 21.0 Å². The first kappa shape index (κ1) is 14.9. The lowest BCUT2D eigenvalue weighted by Crippen LogP contribution is -2.37. The smallest absolute Gasteiger partial charge is 0.270 e. The van der Waals surface area contributed by atoms with Crippen molar-refractivity contribution in [3.63, 3.8) is 0 Å². The third kappa shape index (κ3) is 2.95. The summed E-state index contributed by atoms with van der Waals surface area (Å²) >= 11 is 0. The number of nitrogens with one attached hydrogen (secondary N) is 1. The molecule has 0 radical (unpaired) electrons. The van der Waals surface area contributed by atoms with Gasteiger partial charge in [-0.1, -0.05) is 6.07 Å². The topological polar surface area (TPSA) is 110 Å². The molecule has 22 heavy (non-hydrogen) atoms. The van der Waals surface area contributed by atoms with Crippen molar-refractivity contribution >= 4 is 21.6 Å². The number of hydrogen-bond acceptors (Lipinski definition) is 5. The minimum Gasteiger partial charge on any atom is -0.338 e. The molecular weight excluding hydrogens is 310 g/mol. The molecule has 1 aromatic carbocycles. The van der Waals surface area contributed by atoms with Crippen LogP contribution in [0.2, 0.25) is 0 Å². The van der Waals surface area contributed by atoms with E-state index in [4.69, 9.17) is 0 Å². The van der Waals surface area contributed by atoms with Gasteiger partial charge in [-0.25, -0.2) is 13.1 Å². The van der Waals surface area contributed by atoms with Gasteiger partial charge in [0.05, 0.1) is 9.82 Å². The van der Waals surface area contributed by atoms with Crippen LogP contribution in [0, 0.1) is 10.1 Å². The summed E-state index contributed by atoms with van der Waals surface area (Å²) in [6.07, 6.45) is 2.07. The Balaban J connectivity index is 1.75. The zero-order valence-electron chi connectivity index (χ0n) is 11.6. The first-order valence-corrected chi connectivity index (χ1v) is 8.41. The number of amides is 1. The summed E-state index contributed by atoms with van der Waals surface area (Å²) in [5, 5.41) is 10.7. The van der Waals surface area contributed by atoms with Crippen LogP contribution in [0.25, 0.3) is 0 Å². The molecule has 1 saturated carbocycles. The lowest BCUT2D eigenvalue weighted by atomic mass is 10.3.